The number of sulfonamides is 1. The number of para-hydroxylation sites is 1. The van der Waals surface area contributed by atoms with Crippen LogP contribution in [0.5, 0.6) is 0 Å². The molecule has 5 rings (SSSR count). The largest absolute Gasteiger partial charge is 0.351 e. The first-order chi connectivity index (χ1) is 18.1. The van der Waals surface area contributed by atoms with Gasteiger partial charge in [0.05, 0.1) is 29.7 Å². The van der Waals surface area contributed by atoms with E-state index >= 15 is 0 Å². The number of benzene rings is 2. The minimum Gasteiger partial charge on any atom is -0.351 e. The molecule has 0 bridgehead atoms. The van der Waals surface area contributed by atoms with Gasteiger partial charge in [-0.3, -0.25) is 9.71 Å². The molecule has 1 aliphatic rings. The molecule has 2 atom stereocenters. The van der Waals surface area contributed by atoms with Crippen LogP contribution in [0.4, 0.5) is 11.4 Å². The summed E-state index contributed by atoms with van der Waals surface area (Å²) in [6, 6.07) is 21.6. The smallest absolute Gasteiger partial charge is 0.229 e. The SMILES string of the molecule is Cc1cc(N2C(=S)N[C@H](c3ccccn3)[C@@H]2c2c(C)c(C)n(-c3ccccc3)c2C)ccc1NS(C)(=O)=O. The van der Waals surface area contributed by atoms with Crippen LogP contribution in [0.3, 0.4) is 0 Å². The Kier molecular flexibility index (Phi) is 6.75. The Hall–Kier alpha value is -3.69. The van der Waals surface area contributed by atoms with E-state index in [1.54, 1.807) is 12.3 Å². The number of rotatable bonds is 6. The highest BCUT2D eigenvalue weighted by Crippen LogP contribution is 2.45. The van der Waals surface area contributed by atoms with E-state index in [0.29, 0.717) is 10.8 Å². The Bertz CT molecular complexity index is 1620. The first-order valence-electron chi connectivity index (χ1n) is 12.4. The van der Waals surface area contributed by atoms with Gasteiger partial charge in [-0.2, -0.15) is 0 Å². The Labute approximate surface area is 229 Å². The third kappa shape index (κ3) is 4.68. The van der Waals surface area contributed by atoms with Crippen LogP contribution in [0.25, 0.3) is 5.69 Å². The van der Waals surface area contributed by atoms with Gasteiger partial charge in [-0.15, -0.1) is 0 Å². The molecule has 0 amide bonds. The number of hydrogen-bond acceptors (Lipinski definition) is 4. The number of aryl methyl sites for hydroxylation is 1. The lowest BCUT2D eigenvalue weighted by Crippen LogP contribution is -2.30. The summed E-state index contributed by atoms with van der Waals surface area (Å²) in [7, 11) is -3.39. The van der Waals surface area contributed by atoms with Gasteiger partial charge in [0, 0.05) is 34.5 Å². The standard InChI is InChI=1S/C29H31N5O2S2/c1-18-17-23(14-15-24(18)32-38(5,35)36)34-28(27(31-29(34)37)25-13-9-10-16-30-25)26-19(2)20(3)33(21(26)4)22-11-7-6-8-12-22/h6-17,27-28,32H,1-5H3,(H,31,37)/t27-,28+/m1/s1. The number of nitrogens with one attached hydrogen (secondary N) is 2. The van der Waals surface area contributed by atoms with Crippen molar-refractivity contribution in [2.45, 2.75) is 39.8 Å². The summed E-state index contributed by atoms with van der Waals surface area (Å²) < 4.78 is 28.6. The molecule has 1 aliphatic heterocycles. The number of anilines is 2. The molecule has 0 spiro atoms. The molecule has 1 fully saturated rings. The molecule has 2 aromatic carbocycles. The number of hydrogen-bond donors (Lipinski definition) is 2. The van der Waals surface area contributed by atoms with Crippen molar-refractivity contribution < 1.29 is 8.42 Å². The highest BCUT2D eigenvalue weighted by Gasteiger charge is 2.43. The van der Waals surface area contributed by atoms with Crippen LogP contribution in [0, 0.1) is 27.7 Å². The second-order valence-electron chi connectivity index (χ2n) is 9.75. The number of nitrogens with zero attached hydrogens (tertiary/aromatic N) is 3. The lowest BCUT2D eigenvalue weighted by molar-refractivity contribution is 0.563. The average Bonchev–Trinajstić information content (AvgIpc) is 3.32. The number of thiocarbonyl (C=S) groups is 1. The zero-order valence-corrected chi connectivity index (χ0v) is 23.7. The fourth-order valence-corrected chi connectivity index (χ4v) is 6.42. The maximum absolute atomic E-state index is 11.8. The van der Waals surface area contributed by atoms with E-state index in [0.717, 1.165) is 34.6 Å². The molecule has 4 aromatic rings. The summed E-state index contributed by atoms with van der Waals surface area (Å²) in [5.74, 6) is 0. The molecule has 0 unspecified atom stereocenters. The lowest BCUT2D eigenvalue weighted by Gasteiger charge is -2.29. The van der Waals surface area contributed by atoms with E-state index in [9.17, 15) is 8.42 Å². The van der Waals surface area contributed by atoms with Crippen molar-refractivity contribution in [1.82, 2.24) is 14.9 Å². The van der Waals surface area contributed by atoms with E-state index in [-0.39, 0.29) is 12.1 Å². The molecular weight excluding hydrogens is 514 g/mol. The zero-order chi connectivity index (χ0) is 27.2. The van der Waals surface area contributed by atoms with Crippen LogP contribution < -0.4 is 14.9 Å². The zero-order valence-electron chi connectivity index (χ0n) is 22.1. The van der Waals surface area contributed by atoms with Crippen molar-refractivity contribution >= 4 is 38.7 Å². The molecule has 0 radical (unpaired) electrons. The minimum absolute atomic E-state index is 0.172. The van der Waals surface area contributed by atoms with Gasteiger partial charge in [0.15, 0.2) is 5.11 Å². The van der Waals surface area contributed by atoms with Gasteiger partial charge in [-0.25, -0.2) is 8.42 Å². The van der Waals surface area contributed by atoms with Gasteiger partial charge in [-0.05, 0) is 93.5 Å². The maximum atomic E-state index is 11.8. The molecule has 0 aliphatic carbocycles. The van der Waals surface area contributed by atoms with E-state index < -0.39 is 10.0 Å². The van der Waals surface area contributed by atoms with Crippen LogP contribution in [-0.4, -0.2) is 29.3 Å². The quantitative estimate of drug-likeness (QED) is 0.305. The van der Waals surface area contributed by atoms with Gasteiger partial charge in [0.1, 0.15) is 0 Å². The van der Waals surface area contributed by atoms with Crippen LogP contribution in [0.1, 0.15) is 45.9 Å². The highest BCUT2D eigenvalue weighted by molar-refractivity contribution is 7.92. The van der Waals surface area contributed by atoms with Crippen molar-refractivity contribution in [3.8, 4) is 5.69 Å². The Morgan fingerprint density at radius 2 is 1.63 bits per heavy atom. The predicted octanol–water partition coefficient (Wildman–Crippen LogP) is 5.65. The first-order valence-corrected chi connectivity index (χ1v) is 14.7. The molecule has 2 N–H and O–H groups in total. The summed E-state index contributed by atoms with van der Waals surface area (Å²) in [6.07, 6.45) is 2.95. The monoisotopic (exact) mass is 545 g/mol. The molecule has 38 heavy (non-hydrogen) atoms. The highest BCUT2D eigenvalue weighted by atomic mass is 32.2. The minimum atomic E-state index is -3.39. The lowest BCUT2D eigenvalue weighted by atomic mass is 9.93. The predicted molar refractivity (Wildman–Crippen MR) is 158 cm³/mol. The van der Waals surface area contributed by atoms with Gasteiger partial charge in [-0.1, -0.05) is 24.3 Å². The van der Waals surface area contributed by atoms with Gasteiger partial charge >= 0.3 is 0 Å². The fourth-order valence-electron chi connectivity index (χ4n) is 5.44. The molecule has 7 nitrogen and oxygen atoms in total. The van der Waals surface area contributed by atoms with E-state index in [4.69, 9.17) is 12.2 Å². The molecule has 0 saturated carbocycles. The van der Waals surface area contributed by atoms with Crippen LogP contribution >= 0.6 is 12.2 Å². The number of pyridine rings is 1. The molecule has 1 saturated heterocycles. The second kappa shape index (κ2) is 9.89. The van der Waals surface area contributed by atoms with Crippen molar-refractivity contribution in [2.75, 3.05) is 15.9 Å². The topological polar surface area (TPSA) is 79.3 Å². The molecule has 9 heteroatoms. The van der Waals surface area contributed by atoms with E-state index in [2.05, 4.69) is 57.4 Å². The fraction of sp³-hybridized carbons (Fsp3) is 0.241. The maximum Gasteiger partial charge on any atom is 0.229 e. The summed E-state index contributed by atoms with van der Waals surface area (Å²) in [5.41, 5.74) is 8.94. The van der Waals surface area contributed by atoms with Crippen LogP contribution in [0.2, 0.25) is 0 Å². The van der Waals surface area contributed by atoms with Crippen molar-refractivity contribution in [1.29, 1.82) is 0 Å². The van der Waals surface area contributed by atoms with Gasteiger partial charge < -0.3 is 14.8 Å². The van der Waals surface area contributed by atoms with Crippen molar-refractivity contribution in [3.63, 3.8) is 0 Å². The Balaban J connectivity index is 1.69. The van der Waals surface area contributed by atoms with E-state index in [1.807, 2.05) is 55.5 Å². The molecule has 196 valence electrons. The van der Waals surface area contributed by atoms with Crippen LogP contribution in [0.15, 0.2) is 72.9 Å². The normalized spacial score (nSPS) is 17.5. The second-order valence-corrected chi connectivity index (χ2v) is 11.9. The first kappa shape index (κ1) is 25.9. The Morgan fingerprint density at radius 1 is 0.921 bits per heavy atom. The summed E-state index contributed by atoms with van der Waals surface area (Å²) in [6.45, 7) is 8.36. The third-order valence-electron chi connectivity index (χ3n) is 7.20. The molecular formula is C29H31N5O2S2. The summed E-state index contributed by atoms with van der Waals surface area (Å²) in [4.78, 5) is 6.82. The van der Waals surface area contributed by atoms with Crippen molar-refractivity contribution in [3.05, 3.63) is 107 Å². The Morgan fingerprint density at radius 3 is 2.26 bits per heavy atom. The average molecular weight is 546 g/mol. The number of aromatic nitrogens is 2. The van der Waals surface area contributed by atoms with Gasteiger partial charge in [0.2, 0.25) is 10.0 Å². The molecule has 3 heterocycles. The van der Waals surface area contributed by atoms with E-state index in [1.165, 1.54) is 16.8 Å². The molecule has 2 aromatic heterocycles. The van der Waals surface area contributed by atoms with Crippen molar-refractivity contribution in [2.24, 2.45) is 0 Å². The summed E-state index contributed by atoms with van der Waals surface area (Å²) >= 11 is 5.93. The third-order valence-corrected chi connectivity index (χ3v) is 8.10. The van der Waals surface area contributed by atoms with Gasteiger partial charge in [0.25, 0.3) is 0 Å². The van der Waals surface area contributed by atoms with Crippen LogP contribution in [-0.2, 0) is 10.0 Å². The summed E-state index contributed by atoms with van der Waals surface area (Å²) in [5, 5.41) is 4.13.